The van der Waals surface area contributed by atoms with Gasteiger partial charge in [0.2, 0.25) is 5.78 Å². The minimum Gasteiger partial charge on any atom is -0.481 e. The van der Waals surface area contributed by atoms with E-state index < -0.39 is 43.1 Å². The van der Waals surface area contributed by atoms with Crippen molar-refractivity contribution in [3.05, 3.63) is 0 Å². The molecule has 0 bridgehead atoms. The second-order valence-electron chi connectivity index (χ2n) is 5.09. The molecule has 0 saturated heterocycles. The molecule has 0 fully saturated rings. The monoisotopic (exact) mass is 311 g/mol. The number of carbonyl (C=O) groups is 4. The van der Waals surface area contributed by atoms with E-state index in [0.29, 0.717) is 0 Å². The van der Waals surface area contributed by atoms with Crippen molar-refractivity contribution in [3.63, 3.8) is 0 Å². The van der Waals surface area contributed by atoms with Crippen LogP contribution in [0.5, 0.6) is 0 Å². The lowest BCUT2D eigenvalue weighted by Crippen LogP contribution is -2.41. The molecule has 0 aliphatic carbocycles. The van der Waals surface area contributed by atoms with Gasteiger partial charge in [-0.25, -0.2) is 4.79 Å². The van der Waals surface area contributed by atoms with Crippen LogP contribution in [0.4, 0.5) is 0 Å². The maximum atomic E-state index is 11.9. The summed E-state index contributed by atoms with van der Waals surface area (Å²) in [5.74, 6) is 1.08. The van der Waals surface area contributed by atoms with E-state index in [0.717, 1.165) is 0 Å². The molecular formula is C15H21NO6. The van der Waals surface area contributed by atoms with Crippen molar-refractivity contribution in [3.8, 4) is 11.8 Å². The van der Waals surface area contributed by atoms with Crippen molar-refractivity contribution < 1.29 is 29.0 Å². The third-order valence-electron chi connectivity index (χ3n) is 2.61. The number of carboxylic acids is 1. The molecule has 0 aliphatic heterocycles. The molecule has 0 radical (unpaired) electrons. The van der Waals surface area contributed by atoms with Gasteiger partial charge in [-0.2, -0.15) is 0 Å². The maximum Gasteiger partial charge on any atom is 0.375 e. The Morgan fingerprint density at radius 1 is 1.05 bits per heavy atom. The number of amides is 1. The zero-order chi connectivity index (χ0) is 17.3. The summed E-state index contributed by atoms with van der Waals surface area (Å²) in [6, 6.07) is -0.0242. The van der Waals surface area contributed by atoms with Gasteiger partial charge < -0.3 is 14.7 Å². The number of carboxylic acid groups (broad SMARTS) is 1. The van der Waals surface area contributed by atoms with Gasteiger partial charge >= 0.3 is 11.9 Å². The summed E-state index contributed by atoms with van der Waals surface area (Å²) in [4.78, 5) is 46.1. The molecule has 0 heterocycles. The SMILES string of the molecule is CC(C)N(C(=O)C#CCOC(=O)C(=O)CCC(=O)O)C(C)C. The fourth-order valence-electron chi connectivity index (χ4n) is 1.75. The van der Waals surface area contributed by atoms with Crippen LogP contribution in [0.25, 0.3) is 0 Å². The minimum absolute atomic E-state index is 0.0121. The quantitative estimate of drug-likeness (QED) is 0.420. The van der Waals surface area contributed by atoms with Crippen molar-refractivity contribution in [1.29, 1.82) is 0 Å². The molecule has 0 aliphatic rings. The van der Waals surface area contributed by atoms with Gasteiger partial charge in [0.05, 0.1) is 6.42 Å². The van der Waals surface area contributed by atoms with Crippen LogP contribution in [-0.2, 0) is 23.9 Å². The van der Waals surface area contributed by atoms with Crippen LogP contribution in [0.1, 0.15) is 40.5 Å². The Balaban J connectivity index is 4.36. The Labute approximate surface area is 129 Å². The van der Waals surface area contributed by atoms with Gasteiger partial charge in [-0.15, -0.1) is 0 Å². The van der Waals surface area contributed by atoms with Crippen molar-refractivity contribution in [2.24, 2.45) is 0 Å². The summed E-state index contributed by atoms with van der Waals surface area (Å²) in [6.07, 6.45) is -0.856. The number of carbonyl (C=O) groups excluding carboxylic acids is 3. The highest BCUT2D eigenvalue weighted by atomic mass is 16.5. The van der Waals surface area contributed by atoms with E-state index in [4.69, 9.17) is 5.11 Å². The van der Waals surface area contributed by atoms with Crippen LogP contribution >= 0.6 is 0 Å². The fraction of sp³-hybridized carbons (Fsp3) is 0.600. The molecule has 1 N–H and O–H groups in total. The molecule has 1 amide bonds. The van der Waals surface area contributed by atoms with Gasteiger partial charge in [0.25, 0.3) is 5.91 Å². The Hall–Kier alpha value is -2.36. The van der Waals surface area contributed by atoms with Crippen molar-refractivity contribution in [2.45, 2.75) is 52.6 Å². The first-order valence-electron chi connectivity index (χ1n) is 6.89. The summed E-state index contributed by atoms with van der Waals surface area (Å²) in [7, 11) is 0. The predicted molar refractivity (Wildman–Crippen MR) is 77.7 cm³/mol. The van der Waals surface area contributed by atoms with E-state index >= 15 is 0 Å². The smallest absolute Gasteiger partial charge is 0.375 e. The zero-order valence-corrected chi connectivity index (χ0v) is 13.2. The van der Waals surface area contributed by atoms with E-state index in [1.807, 2.05) is 27.7 Å². The average molecular weight is 311 g/mol. The lowest BCUT2D eigenvalue weighted by atomic mass is 10.2. The normalized spacial score (nSPS) is 9.91. The highest BCUT2D eigenvalue weighted by molar-refractivity contribution is 6.33. The number of Topliss-reactive ketones (excluding diaryl/α,β-unsaturated/α-hetero) is 1. The second-order valence-corrected chi connectivity index (χ2v) is 5.09. The molecule has 122 valence electrons. The molecule has 7 heteroatoms. The third kappa shape index (κ3) is 7.43. The summed E-state index contributed by atoms with van der Waals surface area (Å²) >= 11 is 0. The Kier molecular flexibility index (Phi) is 8.53. The van der Waals surface area contributed by atoms with Gasteiger partial charge in [0.1, 0.15) is 0 Å². The minimum atomic E-state index is -1.17. The topological polar surface area (TPSA) is 101 Å². The van der Waals surface area contributed by atoms with Crippen LogP contribution in [0, 0.1) is 11.8 Å². The lowest BCUT2D eigenvalue weighted by molar-refractivity contribution is -0.153. The predicted octanol–water partition coefficient (Wildman–Crippen LogP) is 0.612. The van der Waals surface area contributed by atoms with E-state index in [1.54, 1.807) is 4.90 Å². The molecule has 0 aromatic carbocycles. The molecule has 0 aromatic heterocycles. The number of hydrogen-bond acceptors (Lipinski definition) is 5. The standard InChI is InChI=1S/C15H21NO6/c1-10(2)16(11(3)4)13(18)6-5-9-22-15(21)12(17)7-8-14(19)20/h10-11H,7-9H2,1-4H3,(H,19,20). The molecule has 0 atom stereocenters. The van der Waals surface area contributed by atoms with Crippen LogP contribution in [0.2, 0.25) is 0 Å². The summed E-state index contributed by atoms with van der Waals surface area (Å²) in [5, 5.41) is 8.39. The van der Waals surface area contributed by atoms with E-state index in [2.05, 4.69) is 16.6 Å². The first-order valence-corrected chi connectivity index (χ1v) is 6.89. The Morgan fingerprint density at radius 2 is 1.59 bits per heavy atom. The molecule has 0 aromatic rings. The number of esters is 1. The number of rotatable bonds is 7. The van der Waals surface area contributed by atoms with Crippen LogP contribution in [-0.4, -0.2) is 52.3 Å². The zero-order valence-electron chi connectivity index (χ0n) is 13.2. The molecule has 0 spiro atoms. The van der Waals surface area contributed by atoms with E-state index in [-0.39, 0.29) is 12.1 Å². The number of aliphatic carboxylic acids is 1. The van der Waals surface area contributed by atoms with Crippen molar-refractivity contribution >= 4 is 23.6 Å². The lowest BCUT2D eigenvalue weighted by Gasteiger charge is -2.28. The largest absolute Gasteiger partial charge is 0.481 e. The maximum absolute atomic E-state index is 11.9. The van der Waals surface area contributed by atoms with Crippen molar-refractivity contribution in [1.82, 2.24) is 4.90 Å². The molecule has 0 rings (SSSR count). The van der Waals surface area contributed by atoms with Crippen molar-refractivity contribution in [2.75, 3.05) is 6.61 Å². The number of ether oxygens (including phenoxy) is 1. The van der Waals surface area contributed by atoms with Gasteiger partial charge in [0.15, 0.2) is 6.61 Å². The molecule has 7 nitrogen and oxygen atoms in total. The highest BCUT2D eigenvalue weighted by Gasteiger charge is 2.18. The van der Waals surface area contributed by atoms with Gasteiger partial charge in [-0.1, -0.05) is 5.92 Å². The summed E-state index contributed by atoms with van der Waals surface area (Å²) in [6.45, 7) is 7.05. The van der Waals surface area contributed by atoms with Gasteiger partial charge in [-0.05, 0) is 33.6 Å². The molecule has 22 heavy (non-hydrogen) atoms. The molecular weight excluding hydrogens is 290 g/mol. The van der Waals surface area contributed by atoms with Crippen LogP contribution in [0.15, 0.2) is 0 Å². The van der Waals surface area contributed by atoms with E-state index in [1.165, 1.54) is 0 Å². The summed E-state index contributed by atoms with van der Waals surface area (Å²) < 4.78 is 4.56. The fourth-order valence-corrected chi connectivity index (χ4v) is 1.75. The molecule has 0 saturated carbocycles. The van der Waals surface area contributed by atoms with Crippen LogP contribution < -0.4 is 0 Å². The second kappa shape index (κ2) is 9.55. The third-order valence-corrected chi connectivity index (χ3v) is 2.61. The first kappa shape index (κ1) is 19.6. The number of ketones is 1. The highest BCUT2D eigenvalue weighted by Crippen LogP contribution is 2.04. The Morgan fingerprint density at radius 3 is 2.05 bits per heavy atom. The number of nitrogens with zero attached hydrogens (tertiary/aromatic N) is 1. The Bertz CT molecular complexity index is 490. The van der Waals surface area contributed by atoms with Gasteiger partial charge in [0, 0.05) is 18.5 Å². The summed E-state index contributed by atoms with van der Waals surface area (Å²) in [5.41, 5.74) is 0. The number of hydrogen-bond donors (Lipinski definition) is 1. The average Bonchev–Trinajstić information content (AvgIpc) is 2.39. The first-order chi connectivity index (χ1) is 10.2. The van der Waals surface area contributed by atoms with Crippen LogP contribution in [0.3, 0.4) is 0 Å². The van der Waals surface area contributed by atoms with Gasteiger partial charge in [-0.3, -0.25) is 14.4 Å². The van der Waals surface area contributed by atoms with E-state index in [9.17, 15) is 19.2 Å². The molecule has 0 unspecified atom stereocenters.